The van der Waals surface area contributed by atoms with E-state index in [-0.39, 0.29) is 5.41 Å². The second-order valence-corrected chi connectivity index (χ2v) is 7.43. The summed E-state index contributed by atoms with van der Waals surface area (Å²) in [7, 11) is 0. The van der Waals surface area contributed by atoms with Gasteiger partial charge in [-0.05, 0) is 24.2 Å². The van der Waals surface area contributed by atoms with Crippen molar-refractivity contribution in [1.29, 1.82) is 0 Å². The van der Waals surface area contributed by atoms with Crippen LogP contribution in [0.5, 0.6) is 0 Å². The second-order valence-electron chi connectivity index (χ2n) is 7.43. The summed E-state index contributed by atoms with van der Waals surface area (Å²) in [6, 6.07) is 0. The summed E-state index contributed by atoms with van der Waals surface area (Å²) in [6.45, 7) is 8.76. The van der Waals surface area contributed by atoms with Crippen molar-refractivity contribution in [3.63, 3.8) is 0 Å². The monoisotopic (exact) mass is 252 g/mol. The molecule has 1 unspecified atom stereocenters. The van der Waals surface area contributed by atoms with Crippen molar-refractivity contribution in [1.82, 2.24) is 0 Å². The van der Waals surface area contributed by atoms with Gasteiger partial charge in [0.1, 0.15) is 5.78 Å². The summed E-state index contributed by atoms with van der Waals surface area (Å²) in [6.07, 6.45) is 11.0. The molecule has 1 nitrogen and oxygen atoms in total. The van der Waals surface area contributed by atoms with Crippen LogP contribution in [0.3, 0.4) is 0 Å². The standard InChI is InChI=1S/C17H32O/c1-5-6-11-15(12-14-9-7-8-10-14)16(18)13-17(2,3)4/h14-15H,5-13H2,1-4H3. The molecule has 0 amide bonds. The van der Waals surface area contributed by atoms with Crippen molar-refractivity contribution < 1.29 is 4.79 Å². The molecule has 0 aliphatic heterocycles. The Bertz CT molecular complexity index is 243. The van der Waals surface area contributed by atoms with Crippen LogP contribution in [0.25, 0.3) is 0 Å². The smallest absolute Gasteiger partial charge is 0.136 e. The molecule has 0 N–H and O–H groups in total. The van der Waals surface area contributed by atoms with Crippen LogP contribution in [0.1, 0.15) is 85.5 Å². The Balaban J connectivity index is 2.50. The van der Waals surface area contributed by atoms with Crippen molar-refractivity contribution in [2.24, 2.45) is 17.3 Å². The SMILES string of the molecule is CCCCC(CC1CCCC1)C(=O)CC(C)(C)C. The number of Topliss-reactive ketones (excluding diaryl/α,β-unsaturated/α-hetero) is 1. The summed E-state index contributed by atoms with van der Waals surface area (Å²) in [5.74, 6) is 1.73. The van der Waals surface area contributed by atoms with Gasteiger partial charge in [0.25, 0.3) is 0 Å². The third-order valence-electron chi connectivity index (χ3n) is 4.16. The maximum atomic E-state index is 12.5. The molecular weight excluding hydrogens is 220 g/mol. The van der Waals surface area contributed by atoms with E-state index in [0.717, 1.165) is 18.8 Å². The number of hydrogen-bond donors (Lipinski definition) is 0. The van der Waals surface area contributed by atoms with E-state index in [2.05, 4.69) is 27.7 Å². The molecule has 0 spiro atoms. The molecule has 0 heterocycles. The normalized spacial score (nSPS) is 19.1. The Morgan fingerprint density at radius 3 is 2.33 bits per heavy atom. The maximum Gasteiger partial charge on any atom is 0.136 e. The first kappa shape index (κ1) is 15.7. The van der Waals surface area contributed by atoms with Crippen molar-refractivity contribution in [2.75, 3.05) is 0 Å². The highest BCUT2D eigenvalue weighted by molar-refractivity contribution is 5.81. The summed E-state index contributed by atoms with van der Waals surface area (Å²) >= 11 is 0. The lowest BCUT2D eigenvalue weighted by molar-refractivity contribution is -0.125. The minimum atomic E-state index is 0.150. The Labute approximate surface area is 114 Å². The Morgan fingerprint density at radius 2 is 1.83 bits per heavy atom. The zero-order valence-electron chi connectivity index (χ0n) is 12.9. The number of hydrogen-bond acceptors (Lipinski definition) is 1. The third-order valence-corrected chi connectivity index (χ3v) is 4.16. The Kier molecular flexibility index (Phi) is 6.38. The molecule has 1 rings (SSSR count). The van der Waals surface area contributed by atoms with Gasteiger partial charge < -0.3 is 0 Å². The zero-order chi connectivity index (χ0) is 13.6. The van der Waals surface area contributed by atoms with E-state index >= 15 is 0 Å². The average Bonchev–Trinajstić information content (AvgIpc) is 2.74. The molecule has 0 saturated heterocycles. The number of rotatable bonds is 7. The van der Waals surface area contributed by atoms with E-state index in [0.29, 0.717) is 11.7 Å². The summed E-state index contributed by atoms with van der Waals surface area (Å²) in [5, 5.41) is 0. The zero-order valence-corrected chi connectivity index (χ0v) is 12.9. The first-order valence-electron chi connectivity index (χ1n) is 7.95. The fraction of sp³-hybridized carbons (Fsp3) is 0.941. The predicted octanol–water partition coefficient (Wildman–Crippen LogP) is 5.38. The van der Waals surface area contributed by atoms with Crippen LogP contribution in [0.15, 0.2) is 0 Å². The maximum absolute atomic E-state index is 12.5. The molecular formula is C17H32O. The van der Waals surface area contributed by atoms with Gasteiger partial charge in [0.2, 0.25) is 0 Å². The number of carbonyl (C=O) groups is 1. The van der Waals surface area contributed by atoms with Crippen LogP contribution < -0.4 is 0 Å². The first-order valence-corrected chi connectivity index (χ1v) is 7.95. The van der Waals surface area contributed by atoms with Crippen LogP contribution >= 0.6 is 0 Å². The largest absolute Gasteiger partial charge is 0.299 e. The van der Waals surface area contributed by atoms with Gasteiger partial charge >= 0.3 is 0 Å². The fourth-order valence-electron chi connectivity index (χ4n) is 3.18. The number of unbranched alkanes of at least 4 members (excludes halogenated alkanes) is 1. The van der Waals surface area contributed by atoms with Gasteiger partial charge in [0.15, 0.2) is 0 Å². The highest BCUT2D eigenvalue weighted by Gasteiger charge is 2.27. The van der Waals surface area contributed by atoms with E-state index in [9.17, 15) is 4.79 Å². The van der Waals surface area contributed by atoms with Crippen LogP contribution in [0.2, 0.25) is 0 Å². The molecule has 1 aliphatic carbocycles. The van der Waals surface area contributed by atoms with Crippen LogP contribution in [0.4, 0.5) is 0 Å². The molecule has 1 aliphatic rings. The number of carbonyl (C=O) groups excluding carboxylic acids is 1. The van der Waals surface area contributed by atoms with Gasteiger partial charge in [-0.1, -0.05) is 66.2 Å². The summed E-state index contributed by atoms with van der Waals surface area (Å²) in [4.78, 5) is 12.5. The van der Waals surface area contributed by atoms with Gasteiger partial charge in [-0.2, -0.15) is 0 Å². The minimum absolute atomic E-state index is 0.150. The molecule has 0 bridgehead atoms. The Hall–Kier alpha value is -0.330. The van der Waals surface area contributed by atoms with Crippen molar-refractivity contribution in [3.8, 4) is 0 Å². The Morgan fingerprint density at radius 1 is 1.22 bits per heavy atom. The van der Waals surface area contributed by atoms with E-state index in [1.807, 2.05) is 0 Å². The van der Waals surface area contributed by atoms with Gasteiger partial charge in [-0.25, -0.2) is 0 Å². The molecule has 0 aromatic rings. The molecule has 1 fully saturated rings. The van der Waals surface area contributed by atoms with Crippen LogP contribution in [-0.4, -0.2) is 5.78 Å². The molecule has 1 atom stereocenters. The van der Waals surface area contributed by atoms with Crippen LogP contribution in [-0.2, 0) is 4.79 Å². The van der Waals surface area contributed by atoms with Gasteiger partial charge in [0.05, 0.1) is 0 Å². The van der Waals surface area contributed by atoms with Crippen molar-refractivity contribution in [2.45, 2.75) is 85.5 Å². The minimum Gasteiger partial charge on any atom is -0.299 e. The molecule has 1 heteroatoms. The molecule has 0 aromatic heterocycles. The fourth-order valence-corrected chi connectivity index (χ4v) is 3.18. The molecule has 106 valence electrons. The highest BCUT2D eigenvalue weighted by Crippen LogP contribution is 2.34. The second kappa shape index (κ2) is 7.31. The lowest BCUT2D eigenvalue weighted by Gasteiger charge is -2.24. The molecule has 0 radical (unpaired) electrons. The van der Waals surface area contributed by atoms with E-state index < -0.39 is 0 Å². The van der Waals surface area contributed by atoms with Gasteiger partial charge in [-0.15, -0.1) is 0 Å². The summed E-state index contributed by atoms with van der Waals surface area (Å²) in [5.41, 5.74) is 0.150. The van der Waals surface area contributed by atoms with Gasteiger partial charge in [-0.3, -0.25) is 4.79 Å². The lowest BCUT2D eigenvalue weighted by atomic mass is 9.80. The number of ketones is 1. The third kappa shape index (κ3) is 6.02. The first-order chi connectivity index (χ1) is 8.42. The molecule has 0 aromatic carbocycles. The van der Waals surface area contributed by atoms with Crippen LogP contribution in [0, 0.1) is 17.3 Å². The lowest BCUT2D eigenvalue weighted by Crippen LogP contribution is -2.23. The average molecular weight is 252 g/mol. The van der Waals surface area contributed by atoms with E-state index in [4.69, 9.17) is 0 Å². The van der Waals surface area contributed by atoms with E-state index in [1.54, 1.807) is 0 Å². The van der Waals surface area contributed by atoms with Gasteiger partial charge in [0, 0.05) is 12.3 Å². The van der Waals surface area contributed by atoms with Crippen molar-refractivity contribution >= 4 is 5.78 Å². The van der Waals surface area contributed by atoms with Crippen molar-refractivity contribution in [3.05, 3.63) is 0 Å². The predicted molar refractivity (Wildman–Crippen MR) is 78.7 cm³/mol. The van der Waals surface area contributed by atoms with E-state index in [1.165, 1.54) is 44.9 Å². The quantitative estimate of drug-likeness (QED) is 0.594. The molecule has 1 saturated carbocycles. The summed E-state index contributed by atoms with van der Waals surface area (Å²) < 4.78 is 0. The molecule has 18 heavy (non-hydrogen) atoms. The topological polar surface area (TPSA) is 17.1 Å². The highest BCUT2D eigenvalue weighted by atomic mass is 16.1.